The van der Waals surface area contributed by atoms with Crippen molar-refractivity contribution in [1.82, 2.24) is 9.97 Å². The third-order valence-electron chi connectivity index (χ3n) is 3.68. The fourth-order valence-electron chi connectivity index (χ4n) is 2.38. The summed E-state index contributed by atoms with van der Waals surface area (Å²) in [5.41, 5.74) is 2.54. The highest BCUT2D eigenvalue weighted by atomic mass is 35.5. The van der Waals surface area contributed by atoms with Gasteiger partial charge >= 0.3 is 0 Å². The Hall–Kier alpha value is -2.50. The van der Waals surface area contributed by atoms with E-state index in [2.05, 4.69) is 20.6 Å². The highest BCUT2D eigenvalue weighted by molar-refractivity contribution is 6.39. The van der Waals surface area contributed by atoms with Crippen LogP contribution in [0, 0.1) is 6.92 Å². The number of hydrogen-bond acceptors (Lipinski definition) is 5. The molecule has 2 N–H and O–H groups in total. The summed E-state index contributed by atoms with van der Waals surface area (Å²) in [4.78, 5) is 8.90. The van der Waals surface area contributed by atoms with Crippen molar-refractivity contribution in [2.24, 2.45) is 0 Å². The zero-order valence-corrected chi connectivity index (χ0v) is 15.9. The summed E-state index contributed by atoms with van der Waals surface area (Å²) in [5, 5.41) is 7.45. The van der Waals surface area contributed by atoms with Crippen molar-refractivity contribution >= 4 is 40.7 Å². The number of benzene rings is 2. The van der Waals surface area contributed by atoms with Crippen LogP contribution in [0.1, 0.15) is 11.3 Å². The largest absolute Gasteiger partial charge is 0.497 e. The molecule has 0 radical (unpaired) electrons. The van der Waals surface area contributed by atoms with Crippen LogP contribution >= 0.6 is 23.2 Å². The Morgan fingerprint density at radius 1 is 1.00 bits per heavy atom. The minimum Gasteiger partial charge on any atom is -0.497 e. The van der Waals surface area contributed by atoms with Gasteiger partial charge in [0.2, 0.25) is 5.95 Å². The Bertz CT molecular complexity index is 880. The van der Waals surface area contributed by atoms with Gasteiger partial charge in [0.1, 0.15) is 11.6 Å². The first-order valence-electron chi connectivity index (χ1n) is 7.98. The van der Waals surface area contributed by atoms with Crippen LogP contribution in [-0.2, 0) is 6.54 Å². The number of methoxy groups -OCH3 is 1. The molecule has 2 aromatic carbocycles. The summed E-state index contributed by atoms with van der Waals surface area (Å²) in [6.45, 7) is 2.50. The van der Waals surface area contributed by atoms with Crippen LogP contribution in [0.4, 0.5) is 17.5 Å². The Labute approximate surface area is 162 Å². The molecule has 1 heterocycles. The minimum absolute atomic E-state index is 0.520. The first kappa shape index (κ1) is 18.3. The molecule has 0 amide bonds. The Kier molecular flexibility index (Phi) is 5.81. The molecule has 0 atom stereocenters. The molecule has 5 nitrogen and oxygen atoms in total. The predicted molar refractivity (Wildman–Crippen MR) is 107 cm³/mol. The van der Waals surface area contributed by atoms with Gasteiger partial charge in [-0.05, 0) is 36.8 Å². The van der Waals surface area contributed by atoms with Gasteiger partial charge in [0.15, 0.2) is 0 Å². The molecular formula is C19H18Cl2N4O. The van der Waals surface area contributed by atoms with Gasteiger partial charge in [-0.2, -0.15) is 4.98 Å². The van der Waals surface area contributed by atoms with E-state index in [-0.39, 0.29) is 0 Å². The van der Waals surface area contributed by atoms with Crippen molar-refractivity contribution in [2.45, 2.75) is 13.5 Å². The summed E-state index contributed by atoms with van der Waals surface area (Å²) in [6.07, 6.45) is 0. The number of hydrogen-bond donors (Lipinski definition) is 2. The van der Waals surface area contributed by atoms with E-state index in [4.69, 9.17) is 27.9 Å². The first-order valence-corrected chi connectivity index (χ1v) is 8.74. The van der Waals surface area contributed by atoms with Crippen molar-refractivity contribution in [1.29, 1.82) is 0 Å². The molecule has 0 aliphatic rings. The third kappa shape index (κ3) is 4.56. The minimum atomic E-state index is 0.520. The molecule has 1 aromatic heterocycles. The quantitative estimate of drug-likeness (QED) is 0.587. The molecule has 0 saturated carbocycles. The Morgan fingerprint density at radius 2 is 1.69 bits per heavy atom. The molecule has 0 saturated heterocycles. The molecule has 0 unspecified atom stereocenters. The van der Waals surface area contributed by atoms with Gasteiger partial charge < -0.3 is 15.4 Å². The number of aromatic nitrogens is 2. The lowest BCUT2D eigenvalue weighted by molar-refractivity contribution is 0.414. The van der Waals surface area contributed by atoms with E-state index in [1.165, 1.54) is 0 Å². The smallest absolute Gasteiger partial charge is 0.225 e. The van der Waals surface area contributed by atoms with Crippen molar-refractivity contribution in [3.63, 3.8) is 0 Å². The van der Waals surface area contributed by atoms with E-state index in [1.807, 2.05) is 37.3 Å². The van der Waals surface area contributed by atoms with E-state index in [9.17, 15) is 0 Å². The molecular weight excluding hydrogens is 371 g/mol. The Balaban J connectivity index is 1.74. The van der Waals surface area contributed by atoms with Gasteiger partial charge in [0.25, 0.3) is 0 Å². The van der Waals surface area contributed by atoms with E-state index in [1.54, 1.807) is 25.3 Å². The molecule has 3 rings (SSSR count). The second-order valence-electron chi connectivity index (χ2n) is 5.64. The second-order valence-corrected chi connectivity index (χ2v) is 6.46. The number of ether oxygens (including phenoxy) is 1. The fraction of sp³-hybridized carbons (Fsp3) is 0.158. The first-order chi connectivity index (χ1) is 12.5. The van der Waals surface area contributed by atoms with Crippen molar-refractivity contribution in [3.05, 3.63) is 69.8 Å². The van der Waals surface area contributed by atoms with Crippen LogP contribution in [0.15, 0.2) is 48.5 Å². The van der Waals surface area contributed by atoms with Crippen molar-refractivity contribution in [3.8, 4) is 5.75 Å². The summed E-state index contributed by atoms with van der Waals surface area (Å²) < 4.78 is 5.16. The second kappa shape index (κ2) is 8.25. The normalized spacial score (nSPS) is 10.5. The highest BCUT2D eigenvalue weighted by Gasteiger charge is 2.08. The number of nitrogens with zero attached hydrogens (tertiary/aromatic N) is 2. The van der Waals surface area contributed by atoms with Crippen molar-refractivity contribution in [2.75, 3.05) is 17.7 Å². The maximum absolute atomic E-state index is 6.21. The van der Waals surface area contributed by atoms with Crippen molar-refractivity contribution < 1.29 is 4.74 Å². The lowest BCUT2D eigenvalue weighted by atomic mass is 10.2. The number of para-hydroxylation sites is 1. The summed E-state index contributed by atoms with van der Waals surface area (Å²) in [6, 6.07) is 15.0. The van der Waals surface area contributed by atoms with Gasteiger partial charge in [0.05, 0.1) is 22.8 Å². The van der Waals surface area contributed by atoms with Gasteiger partial charge in [-0.1, -0.05) is 41.4 Å². The average molecular weight is 389 g/mol. The van der Waals surface area contributed by atoms with E-state index >= 15 is 0 Å². The van der Waals surface area contributed by atoms with Crippen LogP contribution in [0.2, 0.25) is 10.0 Å². The summed E-state index contributed by atoms with van der Waals surface area (Å²) in [5.74, 6) is 1.96. The molecule has 26 heavy (non-hydrogen) atoms. The molecule has 0 fully saturated rings. The summed E-state index contributed by atoms with van der Waals surface area (Å²) in [7, 11) is 1.65. The Morgan fingerprint density at radius 3 is 2.35 bits per heavy atom. The van der Waals surface area contributed by atoms with Gasteiger partial charge in [-0.25, -0.2) is 4.98 Å². The lowest BCUT2D eigenvalue weighted by Gasteiger charge is -2.12. The van der Waals surface area contributed by atoms with Crippen LogP contribution in [0.5, 0.6) is 5.75 Å². The molecule has 0 aliphatic carbocycles. The monoisotopic (exact) mass is 388 g/mol. The molecule has 134 valence electrons. The van der Waals surface area contributed by atoms with Crippen LogP contribution < -0.4 is 15.4 Å². The average Bonchev–Trinajstić information content (AvgIpc) is 2.63. The number of rotatable bonds is 6. The maximum atomic E-state index is 6.21. The molecule has 0 spiro atoms. The van der Waals surface area contributed by atoms with Crippen LogP contribution in [0.3, 0.4) is 0 Å². The number of halogens is 2. The zero-order valence-electron chi connectivity index (χ0n) is 14.4. The van der Waals surface area contributed by atoms with E-state index in [0.717, 1.165) is 17.0 Å². The van der Waals surface area contributed by atoms with Gasteiger partial charge in [0, 0.05) is 18.3 Å². The molecule has 0 bridgehead atoms. The van der Waals surface area contributed by atoms with Gasteiger partial charge in [-0.3, -0.25) is 0 Å². The number of nitrogens with one attached hydrogen (secondary N) is 2. The molecule has 7 heteroatoms. The SMILES string of the molecule is COc1ccc(CNc2nc(C)cc(Nc3c(Cl)cccc3Cl)n2)cc1. The lowest BCUT2D eigenvalue weighted by Crippen LogP contribution is -2.06. The maximum Gasteiger partial charge on any atom is 0.225 e. The molecule has 0 aliphatic heterocycles. The van der Waals surface area contributed by atoms with E-state index < -0.39 is 0 Å². The van der Waals surface area contributed by atoms with Gasteiger partial charge in [-0.15, -0.1) is 0 Å². The van der Waals surface area contributed by atoms with Crippen LogP contribution in [-0.4, -0.2) is 17.1 Å². The van der Waals surface area contributed by atoms with Crippen LogP contribution in [0.25, 0.3) is 0 Å². The zero-order chi connectivity index (χ0) is 18.5. The topological polar surface area (TPSA) is 59.1 Å². The highest BCUT2D eigenvalue weighted by Crippen LogP contribution is 2.32. The number of anilines is 3. The molecule has 3 aromatic rings. The summed E-state index contributed by atoms with van der Waals surface area (Å²) >= 11 is 12.4. The number of aryl methyl sites for hydroxylation is 1. The third-order valence-corrected chi connectivity index (χ3v) is 4.31. The fourth-order valence-corrected chi connectivity index (χ4v) is 2.87. The predicted octanol–water partition coefficient (Wildman–Crippen LogP) is 5.46. The van der Waals surface area contributed by atoms with E-state index in [0.29, 0.717) is 34.0 Å². The standard InChI is InChI=1S/C19H18Cl2N4O/c1-12-10-17(24-18-15(20)4-3-5-16(18)21)25-19(23-12)22-11-13-6-8-14(26-2)9-7-13/h3-10H,11H2,1-2H3,(H2,22,23,24,25).